The number of hydrogen-bond acceptors (Lipinski definition) is 5. The zero-order chi connectivity index (χ0) is 11.9. The fourth-order valence-corrected chi connectivity index (χ4v) is 2.27. The van der Waals surface area contributed by atoms with E-state index >= 15 is 0 Å². The highest BCUT2D eigenvalue weighted by molar-refractivity contribution is 6.40. The summed E-state index contributed by atoms with van der Waals surface area (Å²) in [7, 11) is 0. The summed E-state index contributed by atoms with van der Waals surface area (Å²) in [4.78, 5) is 11.5. The van der Waals surface area contributed by atoms with Crippen LogP contribution in [0.1, 0.15) is 27.7 Å². The standard InChI is InChI=1S/C11H18N2O3/c1-6-9(10(7(2)14)13-12-6)8-5-15-11(3,4)16-8/h6,8-9,12H,5H2,1-4H3/t6-,8-,9+/m1/s1. The highest BCUT2D eigenvalue weighted by atomic mass is 16.7. The van der Waals surface area contributed by atoms with Gasteiger partial charge in [0.2, 0.25) is 0 Å². The Kier molecular flexibility index (Phi) is 2.75. The number of rotatable bonds is 2. The zero-order valence-electron chi connectivity index (χ0n) is 10.1. The molecule has 1 saturated heterocycles. The zero-order valence-corrected chi connectivity index (χ0v) is 10.1. The molecule has 2 rings (SSSR count). The first-order valence-electron chi connectivity index (χ1n) is 5.56. The van der Waals surface area contributed by atoms with E-state index in [4.69, 9.17) is 9.47 Å². The van der Waals surface area contributed by atoms with Gasteiger partial charge in [0.1, 0.15) is 5.71 Å². The molecule has 0 saturated carbocycles. The van der Waals surface area contributed by atoms with E-state index in [9.17, 15) is 4.79 Å². The van der Waals surface area contributed by atoms with E-state index in [1.54, 1.807) is 0 Å². The minimum Gasteiger partial charge on any atom is -0.348 e. The van der Waals surface area contributed by atoms with Gasteiger partial charge in [-0.1, -0.05) is 0 Å². The lowest BCUT2D eigenvalue weighted by Crippen LogP contribution is -2.40. The predicted molar refractivity (Wildman–Crippen MR) is 59.1 cm³/mol. The number of carbonyl (C=O) groups excluding carboxylic acids is 1. The normalized spacial score (nSPS) is 37.0. The number of nitrogens with one attached hydrogen (secondary N) is 1. The summed E-state index contributed by atoms with van der Waals surface area (Å²) in [5, 5.41) is 4.07. The van der Waals surface area contributed by atoms with Gasteiger partial charge >= 0.3 is 0 Å². The molecular formula is C11H18N2O3. The number of ketones is 1. The molecule has 0 radical (unpaired) electrons. The smallest absolute Gasteiger partial charge is 0.176 e. The average Bonchev–Trinajstić information content (AvgIpc) is 2.69. The monoisotopic (exact) mass is 226 g/mol. The van der Waals surface area contributed by atoms with Crippen molar-refractivity contribution < 1.29 is 14.3 Å². The minimum atomic E-state index is -0.561. The summed E-state index contributed by atoms with van der Waals surface area (Å²) in [6.07, 6.45) is -0.0948. The van der Waals surface area contributed by atoms with Gasteiger partial charge in [-0.2, -0.15) is 5.10 Å². The lowest BCUT2D eigenvalue weighted by molar-refractivity contribution is -0.142. The largest absolute Gasteiger partial charge is 0.348 e. The summed E-state index contributed by atoms with van der Waals surface area (Å²) in [6, 6.07) is 0.112. The van der Waals surface area contributed by atoms with Crippen LogP contribution in [0.2, 0.25) is 0 Å². The van der Waals surface area contributed by atoms with Crippen LogP contribution in [0.15, 0.2) is 5.10 Å². The van der Waals surface area contributed by atoms with E-state index in [0.29, 0.717) is 12.3 Å². The number of hydrazone groups is 1. The molecule has 0 aromatic rings. The van der Waals surface area contributed by atoms with Crippen molar-refractivity contribution >= 4 is 11.5 Å². The molecule has 0 aromatic carbocycles. The molecule has 0 aliphatic carbocycles. The number of Topliss-reactive ketones (excluding diaryl/α,β-unsaturated/α-hetero) is 1. The topological polar surface area (TPSA) is 59.9 Å². The Morgan fingerprint density at radius 3 is 2.75 bits per heavy atom. The molecule has 1 fully saturated rings. The molecule has 0 amide bonds. The van der Waals surface area contributed by atoms with Crippen molar-refractivity contribution in [3.8, 4) is 0 Å². The van der Waals surface area contributed by atoms with Gasteiger partial charge in [0.25, 0.3) is 0 Å². The Hall–Kier alpha value is -0.940. The molecule has 5 heteroatoms. The summed E-state index contributed by atoms with van der Waals surface area (Å²) < 4.78 is 11.3. The maximum Gasteiger partial charge on any atom is 0.176 e. The molecule has 0 unspecified atom stereocenters. The molecule has 2 aliphatic heterocycles. The SMILES string of the molecule is CC(=O)C1=NN[C@H](C)[C@H]1[C@H]1COC(C)(C)O1. The third kappa shape index (κ3) is 1.97. The molecule has 3 atom stereocenters. The molecule has 0 aromatic heterocycles. The molecule has 5 nitrogen and oxygen atoms in total. The van der Waals surface area contributed by atoms with Gasteiger partial charge in [0, 0.05) is 6.92 Å². The Morgan fingerprint density at radius 1 is 1.56 bits per heavy atom. The van der Waals surface area contributed by atoms with E-state index < -0.39 is 5.79 Å². The van der Waals surface area contributed by atoms with Crippen molar-refractivity contribution in [1.29, 1.82) is 0 Å². The number of carbonyl (C=O) groups is 1. The van der Waals surface area contributed by atoms with Crippen LogP contribution in [0.25, 0.3) is 0 Å². The van der Waals surface area contributed by atoms with Gasteiger partial charge in [-0.05, 0) is 20.8 Å². The molecule has 2 heterocycles. The molecule has 90 valence electrons. The van der Waals surface area contributed by atoms with Crippen molar-refractivity contribution in [2.75, 3.05) is 6.61 Å². The van der Waals surface area contributed by atoms with E-state index in [1.807, 2.05) is 20.8 Å². The second-order valence-electron chi connectivity index (χ2n) is 4.86. The molecule has 1 N–H and O–H groups in total. The van der Waals surface area contributed by atoms with Crippen molar-refractivity contribution in [2.45, 2.75) is 45.6 Å². The highest BCUT2D eigenvalue weighted by Gasteiger charge is 2.44. The molecule has 0 bridgehead atoms. The number of ether oxygens (including phenoxy) is 2. The Bertz CT molecular complexity index is 338. The highest BCUT2D eigenvalue weighted by Crippen LogP contribution is 2.30. The lowest BCUT2D eigenvalue weighted by Gasteiger charge is -2.23. The Balaban J connectivity index is 2.14. The van der Waals surface area contributed by atoms with Crippen molar-refractivity contribution in [1.82, 2.24) is 5.43 Å². The molecular weight excluding hydrogens is 208 g/mol. The van der Waals surface area contributed by atoms with Gasteiger partial charge in [0.15, 0.2) is 11.6 Å². The van der Waals surface area contributed by atoms with Crippen LogP contribution >= 0.6 is 0 Å². The number of hydrogen-bond donors (Lipinski definition) is 1. The molecule has 0 spiro atoms. The van der Waals surface area contributed by atoms with Crippen LogP contribution in [-0.4, -0.2) is 36.0 Å². The van der Waals surface area contributed by atoms with Gasteiger partial charge < -0.3 is 14.9 Å². The molecule has 2 aliphatic rings. The third-order valence-corrected chi connectivity index (χ3v) is 3.03. The van der Waals surface area contributed by atoms with E-state index in [2.05, 4.69) is 10.5 Å². The third-order valence-electron chi connectivity index (χ3n) is 3.03. The van der Waals surface area contributed by atoms with E-state index in [1.165, 1.54) is 6.92 Å². The van der Waals surface area contributed by atoms with Crippen LogP contribution in [0.3, 0.4) is 0 Å². The minimum absolute atomic E-state index is 0.00449. The average molecular weight is 226 g/mol. The maximum absolute atomic E-state index is 11.5. The fraction of sp³-hybridized carbons (Fsp3) is 0.818. The fourth-order valence-electron chi connectivity index (χ4n) is 2.27. The van der Waals surface area contributed by atoms with Crippen LogP contribution < -0.4 is 5.43 Å². The quantitative estimate of drug-likeness (QED) is 0.752. The second-order valence-corrected chi connectivity index (χ2v) is 4.86. The van der Waals surface area contributed by atoms with Crippen molar-refractivity contribution in [3.05, 3.63) is 0 Å². The van der Waals surface area contributed by atoms with Gasteiger partial charge in [-0.25, -0.2) is 0 Å². The van der Waals surface area contributed by atoms with Gasteiger partial charge in [-0.3, -0.25) is 4.79 Å². The van der Waals surface area contributed by atoms with Crippen LogP contribution in [0, 0.1) is 5.92 Å². The first-order valence-corrected chi connectivity index (χ1v) is 5.56. The van der Waals surface area contributed by atoms with Crippen LogP contribution in [-0.2, 0) is 14.3 Å². The van der Waals surface area contributed by atoms with Crippen LogP contribution in [0.4, 0.5) is 0 Å². The lowest BCUT2D eigenvalue weighted by atomic mass is 9.90. The Morgan fingerprint density at radius 2 is 2.25 bits per heavy atom. The molecule has 16 heavy (non-hydrogen) atoms. The van der Waals surface area contributed by atoms with E-state index in [0.717, 1.165) is 0 Å². The van der Waals surface area contributed by atoms with Gasteiger partial charge in [-0.15, -0.1) is 0 Å². The summed E-state index contributed by atoms with van der Waals surface area (Å²) >= 11 is 0. The Labute approximate surface area is 95.2 Å². The summed E-state index contributed by atoms with van der Waals surface area (Å²) in [6.45, 7) is 7.80. The van der Waals surface area contributed by atoms with Crippen LogP contribution in [0.5, 0.6) is 0 Å². The van der Waals surface area contributed by atoms with E-state index in [-0.39, 0.29) is 23.8 Å². The summed E-state index contributed by atoms with van der Waals surface area (Å²) in [5.74, 6) is -0.580. The first-order chi connectivity index (χ1) is 7.41. The maximum atomic E-state index is 11.5. The summed E-state index contributed by atoms with van der Waals surface area (Å²) in [5.41, 5.74) is 3.51. The van der Waals surface area contributed by atoms with Crippen molar-refractivity contribution in [3.63, 3.8) is 0 Å². The predicted octanol–water partition coefficient (Wildman–Crippen LogP) is 0.691. The first kappa shape index (κ1) is 11.5. The van der Waals surface area contributed by atoms with Crippen molar-refractivity contribution in [2.24, 2.45) is 11.0 Å². The number of nitrogens with zero attached hydrogens (tertiary/aromatic N) is 1. The van der Waals surface area contributed by atoms with Gasteiger partial charge in [0.05, 0.1) is 24.7 Å². The second kappa shape index (κ2) is 3.82.